The summed E-state index contributed by atoms with van der Waals surface area (Å²) >= 11 is 0. The first-order valence-corrected chi connectivity index (χ1v) is 10.1. The second-order valence-electron chi connectivity index (χ2n) is 7.28. The standard InChI is InChI=1S/C23H27N3O5/c1-5-15(2)26-22(28)17-8-6-7-9-18(17)25(23(26)29)14-21(27)24-13-16-10-11-19(30-3)20(12-16)31-4/h6-12,15H,5,13-14H2,1-4H3,(H,24,27)/t15-/m0/s1. The van der Waals surface area contributed by atoms with Crippen molar-refractivity contribution in [2.75, 3.05) is 14.2 Å². The van der Waals surface area contributed by atoms with Crippen LogP contribution in [-0.4, -0.2) is 29.3 Å². The van der Waals surface area contributed by atoms with E-state index < -0.39 is 5.69 Å². The molecule has 0 spiro atoms. The number of ether oxygens (including phenoxy) is 2. The lowest BCUT2D eigenvalue weighted by Crippen LogP contribution is -2.43. The number of methoxy groups -OCH3 is 2. The number of rotatable bonds is 8. The minimum atomic E-state index is -0.487. The Morgan fingerprint density at radius 2 is 1.77 bits per heavy atom. The maximum absolute atomic E-state index is 13.1. The van der Waals surface area contributed by atoms with Crippen LogP contribution < -0.4 is 26.0 Å². The summed E-state index contributed by atoms with van der Waals surface area (Å²) in [6, 6.07) is 11.9. The number of nitrogens with zero attached hydrogens (tertiary/aromatic N) is 2. The van der Waals surface area contributed by atoms with Crippen LogP contribution in [-0.2, 0) is 17.9 Å². The fourth-order valence-electron chi connectivity index (χ4n) is 3.45. The van der Waals surface area contributed by atoms with E-state index in [2.05, 4.69) is 5.32 Å². The molecular formula is C23H27N3O5. The molecule has 3 aromatic rings. The molecule has 0 saturated heterocycles. The molecule has 0 aliphatic heterocycles. The Balaban J connectivity index is 1.89. The molecule has 0 unspecified atom stereocenters. The van der Waals surface area contributed by atoms with E-state index in [0.29, 0.717) is 28.8 Å². The van der Waals surface area contributed by atoms with E-state index in [-0.39, 0.29) is 30.6 Å². The first-order valence-electron chi connectivity index (χ1n) is 10.1. The van der Waals surface area contributed by atoms with Gasteiger partial charge < -0.3 is 14.8 Å². The second kappa shape index (κ2) is 9.51. The quantitative estimate of drug-likeness (QED) is 0.599. The Morgan fingerprint density at radius 1 is 1.06 bits per heavy atom. The highest BCUT2D eigenvalue weighted by Gasteiger charge is 2.18. The Hall–Kier alpha value is -3.55. The highest BCUT2D eigenvalue weighted by Crippen LogP contribution is 2.27. The zero-order valence-electron chi connectivity index (χ0n) is 18.2. The van der Waals surface area contributed by atoms with Gasteiger partial charge in [0.15, 0.2) is 11.5 Å². The molecule has 31 heavy (non-hydrogen) atoms. The summed E-state index contributed by atoms with van der Waals surface area (Å²) in [6.07, 6.45) is 0.624. The fourth-order valence-corrected chi connectivity index (χ4v) is 3.45. The van der Waals surface area contributed by atoms with E-state index in [4.69, 9.17) is 9.47 Å². The summed E-state index contributed by atoms with van der Waals surface area (Å²) in [5.41, 5.74) is 0.447. The number of para-hydroxylation sites is 1. The minimum Gasteiger partial charge on any atom is -0.493 e. The van der Waals surface area contributed by atoms with Crippen LogP contribution >= 0.6 is 0 Å². The molecule has 0 radical (unpaired) electrons. The van der Waals surface area contributed by atoms with Gasteiger partial charge in [-0.2, -0.15) is 0 Å². The van der Waals surface area contributed by atoms with Crippen LogP contribution in [0.4, 0.5) is 0 Å². The first-order chi connectivity index (χ1) is 14.9. The molecule has 1 N–H and O–H groups in total. The lowest BCUT2D eigenvalue weighted by atomic mass is 10.2. The van der Waals surface area contributed by atoms with Crippen LogP contribution in [0, 0.1) is 0 Å². The van der Waals surface area contributed by atoms with Crippen molar-refractivity contribution >= 4 is 16.8 Å². The van der Waals surface area contributed by atoms with Crippen molar-refractivity contribution in [1.29, 1.82) is 0 Å². The zero-order chi connectivity index (χ0) is 22.5. The van der Waals surface area contributed by atoms with Gasteiger partial charge in [-0.25, -0.2) is 4.79 Å². The van der Waals surface area contributed by atoms with Gasteiger partial charge in [0, 0.05) is 12.6 Å². The molecule has 1 aromatic heterocycles. The third-order valence-electron chi connectivity index (χ3n) is 5.35. The summed E-state index contributed by atoms with van der Waals surface area (Å²) in [7, 11) is 3.10. The van der Waals surface area contributed by atoms with Gasteiger partial charge in [-0.05, 0) is 43.2 Å². The summed E-state index contributed by atoms with van der Waals surface area (Å²) in [6.45, 7) is 3.80. The van der Waals surface area contributed by atoms with Crippen LogP contribution in [0.2, 0.25) is 0 Å². The SMILES string of the molecule is CC[C@H](C)n1c(=O)c2ccccc2n(CC(=O)NCc2ccc(OC)c(OC)c2)c1=O. The smallest absolute Gasteiger partial charge is 0.332 e. The lowest BCUT2D eigenvalue weighted by Gasteiger charge is -2.17. The Kier molecular flexibility index (Phi) is 6.79. The van der Waals surface area contributed by atoms with Crippen LogP contribution in [0.25, 0.3) is 10.9 Å². The number of benzene rings is 2. The number of aromatic nitrogens is 2. The molecule has 164 valence electrons. The normalized spacial score (nSPS) is 11.9. The molecule has 1 amide bonds. The molecule has 2 aromatic carbocycles. The molecule has 0 aliphatic rings. The number of amides is 1. The van der Waals surface area contributed by atoms with E-state index in [0.717, 1.165) is 5.56 Å². The molecule has 1 atom stereocenters. The molecule has 0 bridgehead atoms. The summed E-state index contributed by atoms with van der Waals surface area (Å²) in [4.78, 5) is 38.6. The molecular weight excluding hydrogens is 398 g/mol. The second-order valence-corrected chi connectivity index (χ2v) is 7.28. The third-order valence-corrected chi connectivity index (χ3v) is 5.35. The predicted octanol–water partition coefficient (Wildman–Crippen LogP) is 2.47. The van der Waals surface area contributed by atoms with Crippen molar-refractivity contribution in [2.45, 2.75) is 39.4 Å². The van der Waals surface area contributed by atoms with E-state index in [9.17, 15) is 14.4 Å². The number of nitrogens with one attached hydrogen (secondary N) is 1. The topological polar surface area (TPSA) is 91.6 Å². The third kappa shape index (κ3) is 4.47. The largest absolute Gasteiger partial charge is 0.493 e. The van der Waals surface area contributed by atoms with Crippen molar-refractivity contribution < 1.29 is 14.3 Å². The number of carbonyl (C=O) groups excluding carboxylic acids is 1. The Labute approximate surface area is 180 Å². The minimum absolute atomic E-state index is 0.191. The Bertz CT molecular complexity index is 1210. The van der Waals surface area contributed by atoms with Crippen molar-refractivity contribution in [3.8, 4) is 11.5 Å². The van der Waals surface area contributed by atoms with Gasteiger partial charge in [0.1, 0.15) is 6.54 Å². The molecule has 0 fully saturated rings. The van der Waals surface area contributed by atoms with Gasteiger partial charge in [0.05, 0.1) is 25.1 Å². The predicted molar refractivity (Wildman–Crippen MR) is 119 cm³/mol. The number of hydrogen-bond acceptors (Lipinski definition) is 5. The molecule has 3 rings (SSSR count). The fraction of sp³-hybridized carbons (Fsp3) is 0.348. The van der Waals surface area contributed by atoms with Crippen molar-refractivity contribution in [2.24, 2.45) is 0 Å². The van der Waals surface area contributed by atoms with Crippen LogP contribution in [0.1, 0.15) is 31.9 Å². The van der Waals surface area contributed by atoms with Crippen LogP contribution in [0.15, 0.2) is 52.1 Å². The summed E-state index contributed by atoms with van der Waals surface area (Å²) < 4.78 is 13.1. The van der Waals surface area contributed by atoms with Gasteiger partial charge in [-0.15, -0.1) is 0 Å². The highest BCUT2D eigenvalue weighted by atomic mass is 16.5. The average Bonchev–Trinajstić information content (AvgIpc) is 2.80. The summed E-state index contributed by atoms with van der Waals surface area (Å²) in [5.74, 6) is 0.830. The monoisotopic (exact) mass is 425 g/mol. The molecule has 8 nitrogen and oxygen atoms in total. The van der Waals surface area contributed by atoms with Crippen molar-refractivity contribution in [3.63, 3.8) is 0 Å². The molecule has 0 saturated carbocycles. The zero-order valence-corrected chi connectivity index (χ0v) is 18.2. The average molecular weight is 425 g/mol. The van der Waals surface area contributed by atoms with Gasteiger partial charge >= 0.3 is 5.69 Å². The van der Waals surface area contributed by atoms with Crippen molar-refractivity contribution in [1.82, 2.24) is 14.5 Å². The van der Waals surface area contributed by atoms with Gasteiger partial charge in [-0.1, -0.05) is 25.1 Å². The van der Waals surface area contributed by atoms with E-state index in [1.165, 1.54) is 9.13 Å². The first kappa shape index (κ1) is 22.1. The van der Waals surface area contributed by atoms with Gasteiger partial charge in [0.2, 0.25) is 5.91 Å². The molecule has 0 aliphatic carbocycles. The van der Waals surface area contributed by atoms with Crippen LogP contribution in [0.5, 0.6) is 11.5 Å². The summed E-state index contributed by atoms with van der Waals surface area (Å²) in [5, 5.41) is 3.24. The number of hydrogen-bond donors (Lipinski definition) is 1. The molecule has 1 heterocycles. The maximum atomic E-state index is 13.1. The molecule has 8 heteroatoms. The highest BCUT2D eigenvalue weighted by molar-refractivity contribution is 5.81. The van der Waals surface area contributed by atoms with E-state index in [1.807, 2.05) is 19.9 Å². The van der Waals surface area contributed by atoms with E-state index in [1.54, 1.807) is 50.6 Å². The number of carbonyl (C=O) groups is 1. The van der Waals surface area contributed by atoms with E-state index >= 15 is 0 Å². The maximum Gasteiger partial charge on any atom is 0.332 e. The Morgan fingerprint density at radius 3 is 2.45 bits per heavy atom. The van der Waals surface area contributed by atoms with Gasteiger partial charge in [-0.3, -0.25) is 18.7 Å². The van der Waals surface area contributed by atoms with Crippen LogP contribution in [0.3, 0.4) is 0 Å². The lowest BCUT2D eigenvalue weighted by molar-refractivity contribution is -0.121. The van der Waals surface area contributed by atoms with Gasteiger partial charge in [0.25, 0.3) is 5.56 Å². The van der Waals surface area contributed by atoms with Crippen molar-refractivity contribution in [3.05, 3.63) is 68.9 Å². The number of fused-ring (bicyclic) bond motifs is 1.